The molecule has 1 aromatic heterocycles. The number of carbonyl (C=O) groups excluding carboxylic acids is 1. The number of hydrogen-bond donors (Lipinski definition) is 1. The fraction of sp³-hybridized carbons (Fsp3) is 0.200. The van der Waals surface area contributed by atoms with E-state index in [0.717, 1.165) is 17.0 Å². The molecule has 0 fully saturated rings. The van der Waals surface area contributed by atoms with Crippen LogP contribution in [0.5, 0.6) is 0 Å². The molecule has 3 aromatic rings. The van der Waals surface area contributed by atoms with E-state index in [-0.39, 0.29) is 5.91 Å². The Hall–Kier alpha value is -2.31. The van der Waals surface area contributed by atoms with Gasteiger partial charge in [0, 0.05) is 38.8 Å². The van der Waals surface area contributed by atoms with Crippen molar-refractivity contribution in [1.29, 1.82) is 0 Å². The van der Waals surface area contributed by atoms with Gasteiger partial charge in [-0.2, -0.15) is 0 Å². The molecule has 4 nitrogen and oxygen atoms in total. The van der Waals surface area contributed by atoms with E-state index in [9.17, 15) is 9.00 Å². The van der Waals surface area contributed by atoms with Crippen molar-refractivity contribution in [2.75, 3.05) is 11.6 Å². The SMILES string of the molecule is Cc1ccc(Cc2sc(NC(=O)c3ccc([S@@](C)=O)cc3)nc2C)cc1. The van der Waals surface area contributed by atoms with Gasteiger partial charge in [-0.25, -0.2) is 4.98 Å². The minimum atomic E-state index is -1.05. The summed E-state index contributed by atoms with van der Waals surface area (Å²) in [5.74, 6) is -0.214. The van der Waals surface area contributed by atoms with Gasteiger partial charge in [-0.05, 0) is 43.7 Å². The van der Waals surface area contributed by atoms with Crippen LogP contribution in [0, 0.1) is 13.8 Å². The Labute approximate surface area is 159 Å². The first-order chi connectivity index (χ1) is 12.4. The van der Waals surface area contributed by atoms with Gasteiger partial charge in [0.05, 0.1) is 5.69 Å². The topological polar surface area (TPSA) is 59.1 Å². The molecule has 0 saturated carbocycles. The molecule has 1 amide bonds. The van der Waals surface area contributed by atoms with Crippen molar-refractivity contribution in [1.82, 2.24) is 4.98 Å². The monoisotopic (exact) mass is 384 g/mol. The third-order valence-corrected chi connectivity index (χ3v) is 6.06. The summed E-state index contributed by atoms with van der Waals surface area (Å²) in [6.45, 7) is 4.03. The Morgan fingerprint density at radius 3 is 2.35 bits per heavy atom. The first-order valence-electron chi connectivity index (χ1n) is 8.19. The number of aromatic nitrogens is 1. The number of thiazole rings is 1. The third-order valence-electron chi connectivity index (χ3n) is 4.05. The van der Waals surface area contributed by atoms with Crippen LogP contribution in [-0.4, -0.2) is 21.4 Å². The van der Waals surface area contributed by atoms with Gasteiger partial charge in [0.25, 0.3) is 5.91 Å². The van der Waals surface area contributed by atoms with Crippen LogP contribution in [0.1, 0.15) is 32.1 Å². The van der Waals surface area contributed by atoms with Gasteiger partial charge in [0.1, 0.15) is 0 Å². The summed E-state index contributed by atoms with van der Waals surface area (Å²) in [5, 5.41) is 3.45. The highest BCUT2D eigenvalue weighted by Gasteiger charge is 2.12. The highest BCUT2D eigenvalue weighted by molar-refractivity contribution is 7.84. The fourth-order valence-corrected chi connectivity index (χ4v) is 4.02. The summed E-state index contributed by atoms with van der Waals surface area (Å²) in [5.41, 5.74) is 3.92. The number of amides is 1. The second-order valence-corrected chi connectivity index (χ2v) is 8.59. The lowest BCUT2D eigenvalue weighted by Crippen LogP contribution is -2.11. The van der Waals surface area contributed by atoms with Crippen molar-refractivity contribution in [3.8, 4) is 0 Å². The summed E-state index contributed by atoms with van der Waals surface area (Å²) in [6, 6.07) is 15.2. The summed E-state index contributed by atoms with van der Waals surface area (Å²) >= 11 is 1.50. The minimum Gasteiger partial charge on any atom is -0.298 e. The third kappa shape index (κ3) is 4.45. The maximum Gasteiger partial charge on any atom is 0.257 e. The van der Waals surface area contributed by atoms with Crippen LogP contribution in [0.3, 0.4) is 0 Å². The van der Waals surface area contributed by atoms with E-state index in [2.05, 4.69) is 41.5 Å². The molecule has 3 rings (SSSR count). The Kier molecular flexibility index (Phi) is 5.64. The van der Waals surface area contributed by atoms with Crippen LogP contribution < -0.4 is 5.32 Å². The van der Waals surface area contributed by atoms with Crippen molar-refractivity contribution >= 4 is 33.2 Å². The van der Waals surface area contributed by atoms with E-state index in [1.165, 1.54) is 22.5 Å². The van der Waals surface area contributed by atoms with Crippen LogP contribution in [0.2, 0.25) is 0 Å². The van der Waals surface area contributed by atoms with Gasteiger partial charge in [-0.1, -0.05) is 29.8 Å². The second kappa shape index (κ2) is 7.93. The maximum absolute atomic E-state index is 12.4. The van der Waals surface area contributed by atoms with Crippen LogP contribution >= 0.6 is 11.3 Å². The second-order valence-electron chi connectivity index (χ2n) is 6.12. The van der Waals surface area contributed by atoms with E-state index in [0.29, 0.717) is 15.6 Å². The predicted octanol–water partition coefficient (Wildman–Crippen LogP) is 4.34. The Balaban J connectivity index is 1.71. The number of aryl methyl sites for hydroxylation is 2. The molecular weight excluding hydrogens is 364 g/mol. The number of rotatable bonds is 5. The maximum atomic E-state index is 12.4. The van der Waals surface area contributed by atoms with Crippen LogP contribution in [0.25, 0.3) is 0 Å². The Morgan fingerprint density at radius 1 is 1.08 bits per heavy atom. The fourth-order valence-electron chi connectivity index (χ4n) is 2.50. The molecule has 0 radical (unpaired) electrons. The summed E-state index contributed by atoms with van der Waals surface area (Å²) in [6.07, 6.45) is 2.42. The molecule has 0 unspecified atom stereocenters. The molecule has 1 heterocycles. The van der Waals surface area contributed by atoms with E-state index >= 15 is 0 Å². The molecule has 2 aromatic carbocycles. The molecule has 0 saturated heterocycles. The number of anilines is 1. The average molecular weight is 385 g/mol. The van der Waals surface area contributed by atoms with Crippen LogP contribution in [0.4, 0.5) is 5.13 Å². The molecule has 0 aliphatic rings. The van der Waals surface area contributed by atoms with E-state index in [4.69, 9.17) is 0 Å². The zero-order valence-electron chi connectivity index (χ0n) is 14.9. The lowest BCUT2D eigenvalue weighted by Gasteiger charge is -2.02. The highest BCUT2D eigenvalue weighted by atomic mass is 32.2. The lowest BCUT2D eigenvalue weighted by molar-refractivity contribution is 0.102. The Morgan fingerprint density at radius 2 is 1.73 bits per heavy atom. The number of nitrogens with one attached hydrogen (secondary N) is 1. The standard InChI is InChI=1S/C20H20N2O2S2/c1-13-4-6-15(7-5-13)12-18-14(2)21-20(25-18)22-19(23)16-8-10-17(11-9-16)26(3)24/h4-11H,12H2,1-3H3,(H,21,22,23)/t26-/m1/s1. The molecule has 1 atom stereocenters. The van der Waals surface area contributed by atoms with Crippen molar-refractivity contribution in [2.24, 2.45) is 0 Å². The van der Waals surface area contributed by atoms with Crippen LogP contribution in [0.15, 0.2) is 53.4 Å². The summed E-state index contributed by atoms with van der Waals surface area (Å²) < 4.78 is 11.4. The molecular formula is C20H20N2O2S2. The molecule has 6 heteroatoms. The molecule has 26 heavy (non-hydrogen) atoms. The van der Waals surface area contributed by atoms with Crippen molar-refractivity contribution in [3.05, 3.63) is 75.8 Å². The first-order valence-corrected chi connectivity index (χ1v) is 10.6. The predicted molar refractivity (Wildman–Crippen MR) is 108 cm³/mol. The number of hydrogen-bond acceptors (Lipinski definition) is 4. The van der Waals surface area contributed by atoms with Gasteiger partial charge in [0.2, 0.25) is 0 Å². The molecule has 0 bridgehead atoms. The molecule has 1 N–H and O–H groups in total. The smallest absolute Gasteiger partial charge is 0.257 e. The highest BCUT2D eigenvalue weighted by Crippen LogP contribution is 2.26. The van der Waals surface area contributed by atoms with E-state index in [1.807, 2.05) is 6.92 Å². The minimum absolute atomic E-state index is 0.214. The van der Waals surface area contributed by atoms with E-state index in [1.54, 1.807) is 30.5 Å². The van der Waals surface area contributed by atoms with Gasteiger partial charge in [0.15, 0.2) is 5.13 Å². The summed E-state index contributed by atoms with van der Waals surface area (Å²) in [4.78, 5) is 18.7. The summed E-state index contributed by atoms with van der Waals surface area (Å²) in [7, 11) is -1.05. The first kappa shape index (κ1) is 18.5. The van der Waals surface area contributed by atoms with Crippen molar-refractivity contribution in [3.63, 3.8) is 0 Å². The largest absolute Gasteiger partial charge is 0.298 e. The lowest BCUT2D eigenvalue weighted by atomic mass is 10.1. The quantitative estimate of drug-likeness (QED) is 0.712. The van der Waals surface area contributed by atoms with Crippen molar-refractivity contribution in [2.45, 2.75) is 25.2 Å². The van der Waals surface area contributed by atoms with Gasteiger partial charge >= 0.3 is 0 Å². The zero-order chi connectivity index (χ0) is 18.7. The number of nitrogens with zero attached hydrogens (tertiary/aromatic N) is 1. The zero-order valence-corrected chi connectivity index (χ0v) is 16.5. The molecule has 0 spiro atoms. The van der Waals surface area contributed by atoms with Gasteiger partial charge in [-0.15, -0.1) is 11.3 Å². The molecule has 0 aliphatic carbocycles. The number of benzene rings is 2. The number of carbonyl (C=O) groups is 1. The Bertz CT molecular complexity index is 945. The van der Waals surface area contributed by atoms with Gasteiger partial charge in [-0.3, -0.25) is 14.3 Å². The normalized spacial score (nSPS) is 12.0. The van der Waals surface area contributed by atoms with E-state index < -0.39 is 10.8 Å². The average Bonchev–Trinajstić information content (AvgIpc) is 2.96. The van der Waals surface area contributed by atoms with Crippen molar-refractivity contribution < 1.29 is 9.00 Å². The van der Waals surface area contributed by atoms with Gasteiger partial charge < -0.3 is 0 Å². The molecule has 0 aliphatic heterocycles. The molecule has 134 valence electrons. The van der Waals surface area contributed by atoms with Crippen LogP contribution in [-0.2, 0) is 17.2 Å².